The second-order valence-electron chi connectivity index (χ2n) is 5.53. The Morgan fingerprint density at radius 1 is 1.24 bits per heavy atom. The van der Waals surface area contributed by atoms with Crippen LogP contribution in [0, 0.1) is 19.8 Å². The molecule has 21 heavy (non-hydrogen) atoms. The molecule has 5 nitrogen and oxygen atoms in total. The molecule has 0 atom stereocenters. The lowest BCUT2D eigenvalue weighted by atomic mass is 9.96. The maximum atomic E-state index is 12.2. The number of carboxylic acids is 1. The molecule has 0 bridgehead atoms. The summed E-state index contributed by atoms with van der Waals surface area (Å²) >= 11 is 0. The number of carbonyl (C=O) groups excluding carboxylic acids is 1. The van der Waals surface area contributed by atoms with Gasteiger partial charge in [-0.1, -0.05) is 12.1 Å². The minimum absolute atomic E-state index is 0.0754. The van der Waals surface area contributed by atoms with E-state index < -0.39 is 5.97 Å². The van der Waals surface area contributed by atoms with Crippen molar-refractivity contribution in [2.45, 2.75) is 26.7 Å². The first-order valence-electron chi connectivity index (χ1n) is 7.20. The molecule has 1 saturated carbocycles. The lowest BCUT2D eigenvalue weighted by Crippen LogP contribution is -2.30. The Morgan fingerprint density at radius 3 is 2.43 bits per heavy atom. The van der Waals surface area contributed by atoms with Gasteiger partial charge in [0.25, 0.3) is 5.91 Å². The highest BCUT2D eigenvalue weighted by atomic mass is 16.5. The van der Waals surface area contributed by atoms with Crippen LogP contribution >= 0.6 is 0 Å². The Balaban J connectivity index is 1.97. The number of aromatic carboxylic acids is 1. The fraction of sp³-hybridized carbons (Fsp3) is 0.500. The number of hydrogen-bond donors (Lipinski definition) is 2. The fourth-order valence-corrected chi connectivity index (χ4v) is 2.24. The van der Waals surface area contributed by atoms with Gasteiger partial charge in [0, 0.05) is 13.2 Å². The zero-order chi connectivity index (χ0) is 15.4. The molecule has 0 saturated heterocycles. The number of amides is 1. The van der Waals surface area contributed by atoms with E-state index in [0.717, 1.165) is 6.61 Å². The summed E-state index contributed by atoms with van der Waals surface area (Å²) in [6, 6.07) is 3.48. The van der Waals surface area contributed by atoms with E-state index in [1.807, 2.05) is 0 Å². The highest BCUT2D eigenvalue weighted by Crippen LogP contribution is 2.28. The summed E-state index contributed by atoms with van der Waals surface area (Å²) in [5, 5.41) is 12.0. The second-order valence-corrected chi connectivity index (χ2v) is 5.53. The monoisotopic (exact) mass is 291 g/mol. The third-order valence-corrected chi connectivity index (χ3v) is 3.65. The fourth-order valence-electron chi connectivity index (χ4n) is 2.24. The minimum Gasteiger partial charge on any atom is -0.478 e. The van der Waals surface area contributed by atoms with Gasteiger partial charge in [-0.15, -0.1) is 0 Å². The molecule has 0 spiro atoms. The number of hydrogen-bond acceptors (Lipinski definition) is 3. The van der Waals surface area contributed by atoms with Crippen molar-refractivity contribution in [1.82, 2.24) is 5.32 Å². The van der Waals surface area contributed by atoms with Gasteiger partial charge in [-0.05, 0) is 43.7 Å². The summed E-state index contributed by atoms with van der Waals surface area (Å²) in [5.74, 6) is -0.742. The Hall–Kier alpha value is -1.88. The van der Waals surface area contributed by atoms with Gasteiger partial charge < -0.3 is 15.2 Å². The molecule has 0 aromatic heterocycles. The SMILES string of the molecule is Cc1ccc(C)c(C(=O)NCCOCC2CC2)c1C(=O)O. The molecule has 1 fully saturated rings. The van der Waals surface area contributed by atoms with E-state index >= 15 is 0 Å². The van der Waals surface area contributed by atoms with E-state index in [1.54, 1.807) is 26.0 Å². The molecule has 0 radical (unpaired) electrons. The molecule has 5 heteroatoms. The zero-order valence-electron chi connectivity index (χ0n) is 12.4. The van der Waals surface area contributed by atoms with Crippen molar-refractivity contribution in [1.29, 1.82) is 0 Å². The molecule has 2 rings (SSSR count). The first kappa shape index (κ1) is 15.5. The van der Waals surface area contributed by atoms with Gasteiger partial charge in [0.05, 0.1) is 17.7 Å². The van der Waals surface area contributed by atoms with E-state index in [0.29, 0.717) is 30.2 Å². The Morgan fingerprint density at radius 2 is 1.86 bits per heavy atom. The molecule has 1 aliphatic rings. The van der Waals surface area contributed by atoms with Gasteiger partial charge in [-0.3, -0.25) is 4.79 Å². The first-order chi connectivity index (χ1) is 10.0. The van der Waals surface area contributed by atoms with Crippen LogP contribution in [0.2, 0.25) is 0 Å². The van der Waals surface area contributed by atoms with Crippen LogP contribution in [0.3, 0.4) is 0 Å². The van der Waals surface area contributed by atoms with Crippen molar-refractivity contribution in [3.63, 3.8) is 0 Å². The smallest absolute Gasteiger partial charge is 0.336 e. The maximum absolute atomic E-state index is 12.2. The summed E-state index contributed by atoms with van der Waals surface area (Å²) in [4.78, 5) is 23.6. The lowest BCUT2D eigenvalue weighted by molar-refractivity contribution is 0.0689. The van der Waals surface area contributed by atoms with Gasteiger partial charge in [-0.25, -0.2) is 4.79 Å². The van der Waals surface area contributed by atoms with Crippen molar-refractivity contribution in [2.24, 2.45) is 5.92 Å². The van der Waals surface area contributed by atoms with Crippen LogP contribution < -0.4 is 5.32 Å². The molecule has 0 heterocycles. The van der Waals surface area contributed by atoms with Gasteiger partial charge in [0.2, 0.25) is 0 Å². The summed E-state index contributed by atoms with van der Waals surface area (Å²) < 4.78 is 5.44. The summed E-state index contributed by atoms with van der Waals surface area (Å²) in [7, 11) is 0. The maximum Gasteiger partial charge on any atom is 0.336 e. The predicted molar refractivity (Wildman–Crippen MR) is 78.8 cm³/mol. The van der Waals surface area contributed by atoms with Gasteiger partial charge in [0.1, 0.15) is 0 Å². The molecule has 1 amide bonds. The zero-order valence-corrected chi connectivity index (χ0v) is 12.4. The molecule has 1 aliphatic carbocycles. The van der Waals surface area contributed by atoms with E-state index in [2.05, 4.69) is 5.32 Å². The summed E-state index contributed by atoms with van der Waals surface area (Å²) in [6.07, 6.45) is 2.47. The second kappa shape index (κ2) is 6.72. The van der Waals surface area contributed by atoms with Crippen molar-refractivity contribution in [3.8, 4) is 0 Å². The average molecular weight is 291 g/mol. The molecule has 1 aromatic carbocycles. The van der Waals surface area contributed by atoms with Crippen LogP contribution in [0.5, 0.6) is 0 Å². The Labute approximate surface area is 124 Å². The van der Waals surface area contributed by atoms with Crippen molar-refractivity contribution in [3.05, 3.63) is 34.4 Å². The van der Waals surface area contributed by atoms with Gasteiger partial charge >= 0.3 is 5.97 Å². The van der Waals surface area contributed by atoms with E-state index in [9.17, 15) is 14.7 Å². The molecule has 0 unspecified atom stereocenters. The van der Waals surface area contributed by atoms with Crippen LogP contribution in [0.4, 0.5) is 0 Å². The third kappa shape index (κ3) is 4.04. The quantitative estimate of drug-likeness (QED) is 0.755. The predicted octanol–water partition coefficient (Wildman–Crippen LogP) is 2.16. The number of aryl methyl sites for hydroxylation is 2. The third-order valence-electron chi connectivity index (χ3n) is 3.65. The number of benzene rings is 1. The Kier molecular flexibility index (Phi) is 4.96. The van der Waals surface area contributed by atoms with Gasteiger partial charge in [0.15, 0.2) is 0 Å². The standard InChI is InChI=1S/C16H21NO4/c1-10-3-4-11(2)14(16(19)20)13(10)15(18)17-7-8-21-9-12-5-6-12/h3-4,12H,5-9H2,1-2H3,(H,17,18)(H,19,20). The van der Waals surface area contributed by atoms with Crippen LogP contribution in [0.25, 0.3) is 0 Å². The van der Waals surface area contributed by atoms with E-state index in [-0.39, 0.29) is 17.0 Å². The molecule has 0 aliphatic heterocycles. The van der Waals surface area contributed by atoms with Crippen molar-refractivity contribution >= 4 is 11.9 Å². The van der Waals surface area contributed by atoms with Crippen LogP contribution in [0.15, 0.2) is 12.1 Å². The van der Waals surface area contributed by atoms with Crippen LogP contribution in [-0.4, -0.2) is 36.7 Å². The largest absolute Gasteiger partial charge is 0.478 e. The number of carbonyl (C=O) groups is 2. The van der Waals surface area contributed by atoms with Crippen molar-refractivity contribution in [2.75, 3.05) is 19.8 Å². The average Bonchev–Trinajstić information content (AvgIpc) is 3.24. The van der Waals surface area contributed by atoms with Gasteiger partial charge in [-0.2, -0.15) is 0 Å². The topological polar surface area (TPSA) is 75.6 Å². The lowest BCUT2D eigenvalue weighted by Gasteiger charge is -2.12. The van der Waals surface area contributed by atoms with Crippen molar-refractivity contribution < 1.29 is 19.4 Å². The minimum atomic E-state index is -1.08. The highest BCUT2D eigenvalue weighted by molar-refractivity contribution is 6.06. The van der Waals surface area contributed by atoms with E-state index in [4.69, 9.17) is 4.74 Å². The number of rotatable bonds is 7. The number of nitrogens with one attached hydrogen (secondary N) is 1. The van der Waals surface area contributed by atoms with Crippen LogP contribution in [0.1, 0.15) is 44.7 Å². The van der Waals surface area contributed by atoms with Crippen LogP contribution in [-0.2, 0) is 4.74 Å². The molecular formula is C16H21NO4. The number of carboxylic acid groups (broad SMARTS) is 1. The molecule has 114 valence electrons. The highest BCUT2D eigenvalue weighted by Gasteiger charge is 2.22. The molecule has 2 N–H and O–H groups in total. The van der Waals surface area contributed by atoms with E-state index in [1.165, 1.54) is 12.8 Å². The summed E-state index contributed by atoms with van der Waals surface area (Å²) in [6.45, 7) is 5.02. The number of ether oxygens (including phenoxy) is 1. The Bertz CT molecular complexity index is 549. The summed E-state index contributed by atoms with van der Waals surface area (Å²) in [5.41, 5.74) is 1.56. The molecule has 1 aromatic rings. The molecular weight excluding hydrogens is 270 g/mol. The normalized spacial score (nSPS) is 14.0. The first-order valence-corrected chi connectivity index (χ1v) is 7.20.